The lowest BCUT2D eigenvalue weighted by molar-refractivity contribution is -0.114. The second-order valence-electron chi connectivity index (χ2n) is 7.22. The molecule has 0 fully saturated rings. The van der Waals surface area contributed by atoms with E-state index < -0.39 is 5.97 Å². The number of benzene rings is 2. The third-order valence-corrected chi connectivity index (χ3v) is 4.99. The number of esters is 1. The monoisotopic (exact) mass is 444 g/mol. The molecule has 4 rings (SSSR count). The highest BCUT2D eigenvalue weighted by Crippen LogP contribution is 2.28. The van der Waals surface area contributed by atoms with Crippen molar-refractivity contribution in [2.75, 3.05) is 11.6 Å². The molecule has 166 valence electrons. The smallest absolute Gasteiger partial charge is 0.338 e. The van der Waals surface area contributed by atoms with Crippen molar-refractivity contribution in [1.82, 2.24) is 0 Å². The molecule has 3 aromatic rings. The van der Waals surface area contributed by atoms with E-state index in [-0.39, 0.29) is 17.4 Å². The number of nitrogens with zero attached hydrogens (tertiary/aromatic N) is 2. The number of hydrogen-bond acceptors (Lipinski definition) is 6. The quantitative estimate of drug-likeness (QED) is 0.439. The number of rotatable bonds is 6. The van der Waals surface area contributed by atoms with Crippen molar-refractivity contribution >= 4 is 35.3 Å². The van der Waals surface area contributed by atoms with Gasteiger partial charge in [-0.15, -0.1) is 0 Å². The van der Waals surface area contributed by atoms with Crippen molar-refractivity contribution in [1.29, 1.82) is 0 Å². The standard InChI is InChI=1S/C25H20N2O6/c1-3-32-25(31)17-9-7-16(8-10-17)22-12-11-20(33-22)14-21-15(2)26-27(23(21)28)19-6-4-5-18(13-19)24(29)30/h4-14H,3H2,1-2H3,(H,29,30). The first-order valence-corrected chi connectivity index (χ1v) is 10.2. The topological polar surface area (TPSA) is 109 Å². The zero-order valence-electron chi connectivity index (χ0n) is 17.9. The van der Waals surface area contributed by atoms with E-state index in [1.807, 2.05) is 0 Å². The van der Waals surface area contributed by atoms with Crippen LogP contribution in [0.2, 0.25) is 0 Å². The lowest BCUT2D eigenvalue weighted by Gasteiger charge is -2.12. The Morgan fingerprint density at radius 2 is 1.85 bits per heavy atom. The third-order valence-electron chi connectivity index (χ3n) is 4.99. The Balaban J connectivity index is 1.55. The Bertz CT molecular complexity index is 1300. The zero-order chi connectivity index (χ0) is 23.5. The molecule has 2 heterocycles. The molecule has 0 spiro atoms. The predicted molar refractivity (Wildman–Crippen MR) is 122 cm³/mol. The molecule has 8 heteroatoms. The predicted octanol–water partition coefficient (Wildman–Crippen LogP) is 4.63. The molecule has 1 N–H and O–H groups in total. The van der Waals surface area contributed by atoms with Crippen LogP contribution >= 0.6 is 0 Å². The molecule has 1 aliphatic heterocycles. The molecule has 33 heavy (non-hydrogen) atoms. The fourth-order valence-corrected chi connectivity index (χ4v) is 3.34. The number of hydrogen-bond donors (Lipinski definition) is 1. The zero-order valence-corrected chi connectivity index (χ0v) is 17.9. The number of anilines is 1. The molecule has 0 saturated carbocycles. The van der Waals surface area contributed by atoms with Gasteiger partial charge in [-0.1, -0.05) is 18.2 Å². The van der Waals surface area contributed by atoms with Crippen molar-refractivity contribution in [2.45, 2.75) is 13.8 Å². The number of carboxylic acids is 1. The fourth-order valence-electron chi connectivity index (χ4n) is 3.34. The summed E-state index contributed by atoms with van der Waals surface area (Å²) < 4.78 is 10.9. The van der Waals surface area contributed by atoms with E-state index in [2.05, 4.69) is 5.10 Å². The van der Waals surface area contributed by atoms with Crippen molar-refractivity contribution in [3.8, 4) is 11.3 Å². The van der Waals surface area contributed by atoms with Crippen LogP contribution in [0.25, 0.3) is 17.4 Å². The van der Waals surface area contributed by atoms with Gasteiger partial charge in [0, 0.05) is 5.56 Å². The number of carbonyl (C=O) groups excluding carboxylic acids is 2. The summed E-state index contributed by atoms with van der Waals surface area (Å²) >= 11 is 0. The molecule has 1 aromatic heterocycles. The van der Waals surface area contributed by atoms with Crippen LogP contribution in [0.5, 0.6) is 0 Å². The summed E-state index contributed by atoms with van der Waals surface area (Å²) in [5, 5.41) is 14.6. The van der Waals surface area contributed by atoms with Crippen LogP contribution in [0.15, 0.2) is 75.8 Å². The molecule has 0 radical (unpaired) electrons. The molecule has 0 unspecified atom stereocenters. The fraction of sp³-hybridized carbons (Fsp3) is 0.120. The first kappa shape index (κ1) is 21.8. The number of amides is 1. The van der Waals surface area contributed by atoms with Crippen molar-refractivity contribution in [2.24, 2.45) is 5.10 Å². The molecular formula is C25H20N2O6. The van der Waals surface area contributed by atoms with E-state index in [1.165, 1.54) is 17.1 Å². The maximum atomic E-state index is 12.9. The summed E-state index contributed by atoms with van der Waals surface area (Å²) in [6.07, 6.45) is 1.60. The lowest BCUT2D eigenvalue weighted by atomic mass is 10.1. The minimum atomic E-state index is -1.08. The highest BCUT2D eigenvalue weighted by Gasteiger charge is 2.29. The third kappa shape index (κ3) is 4.45. The summed E-state index contributed by atoms with van der Waals surface area (Å²) in [7, 11) is 0. The summed E-state index contributed by atoms with van der Waals surface area (Å²) in [5.41, 5.74) is 2.47. The van der Waals surface area contributed by atoms with Gasteiger partial charge < -0.3 is 14.3 Å². The first-order valence-electron chi connectivity index (χ1n) is 10.2. The molecule has 0 saturated heterocycles. The first-order chi connectivity index (χ1) is 15.9. The van der Waals surface area contributed by atoms with Gasteiger partial charge in [0.1, 0.15) is 11.5 Å². The minimum Gasteiger partial charge on any atom is -0.478 e. The number of ether oxygens (including phenoxy) is 1. The van der Waals surface area contributed by atoms with Crippen LogP contribution in [0.4, 0.5) is 5.69 Å². The Morgan fingerprint density at radius 1 is 1.09 bits per heavy atom. The maximum Gasteiger partial charge on any atom is 0.338 e. The molecule has 2 aromatic carbocycles. The van der Waals surface area contributed by atoms with Crippen LogP contribution in [0.1, 0.15) is 40.3 Å². The van der Waals surface area contributed by atoms with Crippen molar-refractivity contribution in [3.63, 3.8) is 0 Å². The molecule has 0 aliphatic carbocycles. The average Bonchev–Trinajstić information content (AvgIpc) is 3.40. The van der Waals surface area contributed by atoms with Crippen LogP contribution in [0.3, 0.4) is 0 Å². The number of carboxylic acid groups (broad SMARTS) is 1. The Labute approximate surface area is 189 Å². The van der Waals surface area contributed by atoms with Gasteiger partial charge in [0.15, 0.2) is 0 Å². The summed E-state index contributed by atoms with van der Waals surface area (Å²) in [6, 6.07) is 16.4. The van der Waals surface area contributed by atoms with Crippen LogP contribution in [0, 0.1) is 0 Å². The van der Waals surface area contributed by atoms with Gasteiger partial charge in [0.25, 0.3) is 5.91 Å². The van der Waals surface area contributed by atoms with Crippen molar-refractivity contribution < 1.29 is 28.6 Å². The number of aromatic carboxylic acids is 1. The molecule has 1 aliphatic rings. The largest absolute Gasteiger partial charge is 0.478 e. The highest BCUT2D eigenvalue weighted by molar-refractivity contribution is 6.32. The van der Waals surface area contributed by atoms with Gasteiger partial charge >= 0.3 is 11.9 Å². The van der Waals surface area contributed by atoms with Gasteiger partial charge in [-0.25, -0.2) is 9.59 Å². The minimum absolute atomic E-state index is 0.0650. The summed E-state index contributed by atoms with van der Waals surface area (Å²) in [6.45, 7) is 3.75. The van der Waals surface area contributed by atoms with E-state index in [1.54, 1.807) is 68.5 Å². The van der Waals surface area contributed by atoms with Crippen LogP contribution in [-0.4, -0.2) is 35.3 Å². The molecule has 1 amide bonds. The van der Waals surface area contributed by atoms with E-state index >= 15 is 0 Å². The normalized spacial score (nSPS) is 14.5. The average molecular weight is 444 g/mol. The van der Waals surface area contributed by atoms with Gasteiger partial charge in [-0.3, -0.25) is 4.79 Å². The second kappa shape index (κ2) is 8.96. The van der Waals surface area contributed by atoms with E-state index in [0.717, 1.165) is 5.56 Å². The second-order valence-corrected chi connectivity index (χ2v) is 7.22. The summed E-state index contributed by atoms with van der Waals surface area (Å²) in [4.78, 5) is 36.0. The number of carbonyl (C=O) groups is 3. The van der Waals surface area contributed by atoms with Crippen molar-refractivity contribution in [3.05, 3.63) is 83.1 Å². The van der Waals surface area contributed by atoms with Crippen LogP contribution in [-0.2, 0) is 9.53 Å². The van der Waals surface area contributed by atoms with Gasteiger partial charge in [0.05, 0.1) is 34.7 Å². The Kier molecular flexibility index (Phi) is 5.91. The molecule has 8 nitrogen and oxygen atoms in total. The SMILES string of the molecule is CCOC(=O)c1ccc(-c2ccc(C=C3C(=O)N(c4cccc(C(=O)O)c4)N=C3C)o2)cc1. The molecule has 0 bridgehead atoms. The lowest BCUT2D eigenvalue weighted by Crippen LogP contribution is -2.21. The van der Waals surface area contributed by atoms with E-state index in [0.29, 0.717) is 40.7 Å². The van der Waals surface area contributed by atoms with Gasteiger partial charge in [-0.2, -0.15) is 10.1 Å². The Morgan fingerprint density at radius 3 is 2.55 bits per heavy atom. The highest BCUT2D eigenvalue weighted by atomic mass is 16.5. The van der Waals surface area contributed by atoms with Gasteiger partial charge in [-0.05, 0) is 62.4 Å². The van der Waals surface area contributed by atoms with E-state index in [4.69, 9.17) is 9.15 Å². The number of furan rings is 1. The molecule has 0 atom stereocenters. The molecular weight excluding hydrogens is 424 g/mol. The van der Waals surface area contributed by atoms with Gasteiger partial charge in [0.2, 0.25) is 0 Å². The summed E-state index contributed by atoms with van der Waals surface area (Å²) in [5.74, 6) is -0.825. The van der Waals surface area contributed by atoms with Crippen LogP contribution < -0.4 is 5.01 Å². The Hall–Kier alpha value is -4.46. The maximum absolute atomic E-state index is 12.9. The number of hydrazone groups is 1. The van der Waals surface area contributed by atoms with E-state index in [9.17, 15) is 19.5 Å².